The molecule has 4 atom stereocenters. The van der Waals surface area contributed by atoms with Crippen LogP contribution in [0.2, 0.25) is 0 Å². The molecule has 2 heteroatoms. The SMILES string of the molecule is CNC(C1CCCOC1)C12CC3CC(CC(C)(C3)C1)C2. The summed E-state index contributed by atoms with van der Waals surface area (Å²) in [6.45, 7) is 4.57. The quantitative estimate of drug-likeness (QED) is 0.851. The Kier molecular flexibility index (Phi) is 3.20. The highest BCUT2D eigenvalue weighted by molar-refractivity contribution is 5.11. The van der Waals surface area contributed by atoms with Crippen molar-refractivity contribution in [2.45, 2.75) is 64.3 Å². The van der Waals surface area contributed by atoms with Crippen molar-refractivity contribution in [3.05, 3.63) is 0 Å². The second kappa shape index (κ2) is 4.71. The van der Waals surface area contributed by atoms with E-state index in [-0.39, 0.29) is 0 Å². The number of ether oxygens (including phenoxy) is 1. The maximum absolute atomic E-state index is 5.81. The molecule has 5 aliphatic rings. The van der Waals surface area contributed by atoms with Gasteiger partial charge in [0.15, 0.2) is 0 Å². The first-order chi connectivity index (χ1) is 9.62. The number of nitrogens with one attached hydrogen (secondary N) is 1. The molecule has 20 heavy (non-hydrogen) atoms. The minimum atomic E-state index is 0.596. The van der Waals surface area contributed by atoms with Gasteiger partial charge in [0.05, 0.1) is 6.61 Å². The summed E-state index contributed by atoms with van der Waals surface area (Å²) in [4.78, 5) is 0. The van der Waals surface area contributed by atoms with Crippen molar-refractivity contribution in [3.63, 3.8) is 0 Å². The van der Waals surface area contributed by atoms with E-state index in [1.165, 1.54) is 51.4 Å². The van der Waals surface area contributed by atoms with Crippen molar-refractivity contribution in [1.29, 1.82) is 0 Å². The van der Waals surface area contributed by atoms with Crippen molar-refractivity contribution in [3.8, 4) is 0 Å². The van der Waals surface area contributed by atoms with E-state index in [0.29, 0.717) is 16.9 Å². The summed E-state index contributed by atoms with van der Waals surface area (Å²) < 4.78 is 5.81. The van der Waals surface area contributed by atoms with Crippen LogP contribution in [0, 0.1) is 28.6 Å². The van der Waals surface area contributed by atoms with Gasteiger partial charge in [-0.15, -0.1) is 0 Å². The smallest absolute Gasteiger partial charge is 0.0509 e. The molecule has 0 spiro atoms. The lowest BCUT2D eigenvalue weighted by Gasteiger charge is -2.64. The lowest BCUT2D eigenvalue weighted by atomic mass is 9.42. The zero-order chi connectivity index (χ0) is 13.8. The largest absolute Gasteiger partial charge is 0.381 e. The molecule has 1 heterocycles. The average Bonchev–Trinajstić information content (AvgIpc) is 2.37. The molecule has 4 aliphatic carbocycles. The van der Waals surface area contributed by atoms with E-state index in [4.69, 9.17) is 4.74 Å². The number of rotatable bonds is 3. The number of hydrogen-bond acceptors (Lipinski definition) is 2. The molecular formula is C18H31NO. The predicted octanol–water partition coefficient (Wildman–Crippen LogP) is 3.61. The first-order valence-electron chi connectivity index (χ1n) is 8.88. The van der Waals surface area contributed by atoms with Gasteiger partial charge in [0.1, 0.15) is 0 Å². The topological polar surface area (TPSA) is 21.3 Å². The first-order valence-corrected chi connectivity index (χ1v) is 8.88. The van der Waals surface area contributed by atoms with Crippen molar-refractivity contribution in [2.24, 2.45) is 28.6 Å². The summed E-state index contributed by atoms with van der Waals surface area (Å²) in [6, 6.07) is 0.702. The highest BCUT2D eigenvalue weighted by Crippen LogP contribution is 2.66. The van der Waals surface area contributed by atoms with Crippen LogP contribution in [0.15, 0.2) is 0 Å². The maximum atomic E-state index is 5.81. The molecule has 4 unspecified atom stereocenters. The molecule has 1 aliphatic heterocycles. The monoisotopic (exact) mass is 277 g/mol. The highest BCUT2D eigenvalue weighted by Gasteiger charge is 2.59. The Hall–Kier alpha value is -0.0800. The molecule has 4 bridgehead atoms. The van der Waals surface area contributed by atoms with Gasteiger partial charge in [0.25, 0.3) is 0 Å². The summed E-state index contributed by atoms with van der Waals surface area (Å²) >= 11 is 0. The third-order valence-corrected chi connectivity index (χ3v) is 7.04. The molecule has 1 saturated heterocycles. The first kappa shape index (κ1) is 13.6. The van der Waals surface area contributed by atoms with Crippen LogP contribution in [0.5, 0.6) is 0 Å². The lowest BCUT2D eigenvalue weighted by Crippen LogP contribution is -2.60. The Balaban J connectivity index is 1.61. The van der Waals surface area contributed by atoms with Crippen LogP contribution in [0.3, 0.4) is 0 Å². The highest BCUT2D eigenvalue weighted by atomic mass is 16.5. The van der Waals surface area contributed by atoms with Gasteiger partial charge in [-0.2, -0.15) is 0 Å². The predicted molar refractivity (Wildman–Crippen MR) is 81.6 cm³/mol. The fourth-order valence-electron chi connectivity index (χ4n) is 7.23. The summed E-state index contributed by atoms with van der Waals surface area (Å²) in [5.74, 6) is 2.82. The lowest BCUT2D eigenvalue weighted by molar-refractivity contribution is -0.133. The summed E-state index contributed by atoms with van der Waals surface area (Å²) in [5.41, 5.74) is 1.26. The van der Waals surface area contributed by atoms with Crippen LogP contribution in [-0.4, -0.2) is 26.3 Å². The minimum Gasteiger partial charge on any atom is -0.381 e. The molecule has 0 aromatic carbocycles. The molecule has 0 radical (unpaired) electrons. The third kappa shape index (κ3) is 2.06. The van der Waals surface area contributed by atoms with Gasteiger partial charge >= 0.3 is 0 Å². The van der Waals surface area contributed by atoms with Crippen LogP contribution in [-0.2, 0) is 4.74 Å². The molecule has 5 rings (SSSR count). The fourth-order valence-corrected chi connectivity index (χ4v) is 7.23. The normalized spacial score (nSPS) is 52.2. The van der Waals surface area contributed by atoms with Crippen LogP contribution in [0.25, 0.3) is 0 Å². The fraction of sp³-hybridized carbons (Fsp3) is 1.00. The summed E-state index contributed by atoms with van der Waals surface area (Å²) in [5, 5.41) is 3.77. The zero-order valence-electron chi connectivity index (χ0n) is 13.3. The van der Waals surface area contributed by atoms with E-state index in [1.807, 2.05) is 0 Å². The van der Waals surface area contributed by atoms with Crippen molar-refractivity contribution in [2.75, 3.05) is 20.3 Å². The van der Waals surface area contributed by atoms with Crippen LogP contribution < -0.4 is 5.32 Å². The summed E-state index contributed by atoms with van der Waals surface area (Å²) in [6.07, 6.45) is 11.7. The van der Waals surface area contributed by atoms with Gasteiger partial charge in [-0.1, -0.05) is 6.92 Å². The average molecular weight is 277 g/mol. The van der Waals surface area contributed by atoms with Gasteiger partial charge in [0.2, 0.25) is 0 Å². The van der Waals surface area contributed by atoms with E-state index in [1.54, 1.807) is 0 Å². The van der Waals surface area contributed by atoms with Gasteiger partial charge in [0, 0.05) is 12.6 Å². The Morgan fingerprint density at radius 3 is 2.45 bits per heavy atom. The maximum Gasteiger partial charge on any atom is 0.0509 e. The van der Waals surface area contributed by atoms with Crippen LogP contribution in [0.4, 0.5) is 0 Å². The van der Waals surface area contributed by atoms with Gasteiger partial charge in [-0.3, -0.25) is 0 Å². The molecule has 1 N–H and O–H groups in total. The van der Waals surface area contributed by atoms with Crippen molar-refractivity contribution < 1.29 is 4.74 Å². The Labute approximate surface area is 124 Å². The number of hydrogen-bond donors (Lipinski definition) is 1. The molecule has 2 nitrogen and oxygen atoms in total. The molecule has 0 aromatic rings. The molecule has 0 amide bonds. The second-order valence-electron chi connectivity index (χ2n) is 8.88. The second-order valence-corrected chi connectivity index (χ2v) is 8.88. The zero-order valence-corrected chi connectivity index (χ0v) is 13.3. The van der Waals surface area contributed by atoms with E-state index in [0.717, 1.165) is 31.0 Å². The van der Waals surface area contributed by atoms with Gasteiger partial charge in [-0.25, -0.2) is 0 Å². The molecule has 114 valence electrons. The van der Waals surface area contributed by atoms with E-state index in [9.17, 15) is 0 Å². The molecule has 4 saturated carbocycles. The van der Waals surface area contributed by atoms with Gasteiger partial charge in [-0.05, 0) is 87.0 Å². The minimum absolute atomic E-state index is 0.596. The van der Waals surface area contributed by atoms with Crippen LogP contribution in [0.1, 0.15) is 58.3 Å². The Morgan fingerprint density at radius 2 is 1.90 bits per heavy atom. The molecule has 0 aromatic heterocycles. The van der Waals surface area contributed by atoms with E-state index < -0.39 is 0 Å². The van der Waals surface area contributed by atoms with Crippen molar-refractivity contribution in [1.82, 2.24) is 5.32 Å². The van der Waals surface area contributed by atoms with Crippen molar-refractivity contribution >= 4 is 0 Å². The van der Waals surface area contributed by atoms with E-state index in [2.05, 4.69) is 19.3 Å². The summed E-state index contributed by atoms with van der Waals surface area (Å²) in [7, 11) is 2.21. The van der Waals surface area contributed by atoms with Gasteiger partial charge < -0.3 is 10.1 Å². The Morgan fingerprint density at radius 1 is 1.15 bits per heavy atom. The third-order valence-electron chi connectivity index (χ3n) is 7.04. The molecule has 5 fully saturated rings. The molecular weight excluding hydrogens is 246 g/mol. The van der Waals surface area contributed by atoms with Crippen LogP contribution >= 0.6 is 0 Å². The standard InChI is InChI=1S/C18H31NO/c1-17-7-13-6-14(8-17)10-18(9-13,12-17)16(19-2)15-4-3-5-20-11-15/h13-16,19H,3-12H2,1-2H3. The van der Waals surface area contributed by atoms with E-state index >= 15 is 0 Å². The Bertz CT molecular complexity index is 360.